The first-order chi connectivity index (χ1) is 8.59. The molecular weight excluding hydrogens is 264 g/mol. The number of guanidine groups is 1. The third kappa shape index (κ3) is 9.72. The van der Waals surface area contributed by atoms with Gasteiger partial charge in [-0.1, -0.05) is 6.92 Å². The van der Waals surface area contributed by atoms with E-state index in [9.17, 15) is 8.42 Å². The minimum atomic E-state index is -3.23. The number of sulfonamides is 1. The lowest BCUT2D eigenvalue weighted by Gasteiger charge is -2.24. The van der Waals surface area contributed by atoms with Crippen LogP contribution in [-0.2, 0) is 10.0 Å². The molecule has 0 aliphatic carbocycles. The largest absolute Gasteiger partial charge is 0.357 e. The van der Waals surface area contributed by atoms with E-state index in [1.165, 1.54) is 0 Å². The van der Waals surface area contributed by atoms with Crippen molar-refractivity contribution in [3.05, 3.63) is 0 Å². The number of nitrogens with one attached hydrogen (secondary N) is 3. The van der Waals surface area contributed by atoms with E-state index >= 15 is 0 Å². The van der Waals surface area contributed by atoms with E-state index in [1.54, 1.807) is 0 Å². The number of nitrogens with zero attached hydrogens (tertiary/aromatic N) is 1. The highest BCUT2D eigenvalue weighted by Gasteiger charge is 2.21. The molecule has 114 valence electrons. The first kappa shape index (κ1) is 18.2. The Bertz CT molecular complexity index is 391. The zero-order valence-electron chi connectivity index (χ0n) is 12.9. The lowest BCUT2D eigenvalue weighted by molar-refractivity contribution is 0.463. The molecule has 0 bridgehead atoms. The van der Waals surface area contributed by atoms with Gasteiger partial charge in [0.2, 0.25) is 10.0 Å². The van der Waals surface area contributed by atoms with Gasteiger partial charge >= 0.3 is 0 Å². The predicted molar refractivity (Wildman–Crippen MR) is 80.9 cm³/mol. The first-order valence-corrected chi connectivity index (χ1v) is 8.52. The maximum absolute atomic E-state index is 11.3. The van der Waals surface area contributed by atoms with Crippen LogP contribution in [0.1, 0.15) is 41.0 Å². The van der Waals surface area contributed by atoms with Crippen LogP contribution < -0.4 is 15.4 Å². The van der Waals surface area contributed by atoms with E-state index in [4.69, 9.17) is 0 Å². The van der Waals surface area contributed by atoms with Crippen molar-refractivity contribution >= 4 is 16.0 Å². The minimum absolute atomic E-state index is 0.323. The summed E-state index contributed by atoms with van der Waals surface area (Å²) in [7, 11) is -3.23. The molecule has 0 aromatic carbocycles. The molecule has 0 radical (unpaired) electrons. The second-order valence-corrected chi connectivity index (χ2v) is 7.16. The number of hydrogen-bond acceptors (Lipinski definition) is 3. The predicted octanol–water partition coefficient (Wildman–Crippen LogP) is 0.668. The van der Waals surface area contributed by atoms with Gasteiger partial charge in [0.25, 0.3) is 0 Å². The van der Waals surface area contributed by atoms with Gasteiger partial charge in [-0.2, -0.15) is 0 Å². The molecular formula is C12H28N4O2S. The maximum Gasteiger partial charge on any atom is 0.209 e. The fourth-order valence-corrected chi connectivity index (χ4v) is 2.53. The summed E-state index contributed by atoms with van der Waals surface area (Å²) >= 11 is 0. The third-order valence-corrected chi connectivity index (χ3v) is 3.36. The maximum atomic E-state index is 11.3. The molecule has 19 heavy (non-hydrogen) atoms. The lowest BCUT2D eigenvalue weighted by atomic mass is 10.1. The summed E-state index contributed by atoms with van der Waals surface area (Å²) in [5.41, 5.74) is -0.606. The number of aliphatic imine (C=N–C) groups is 1. The summed E-state index contributed by atoms with van der Waals surface area (Å²) in [6, 6.07) is 0.323. The SMILES string of the molecule is CCNC(=NCC(C)(C)NS(C)(=O)=O)NC(C)CC. The smallest absolute Gasteiger partial charge is 0.209 e. The number of hydrogen-bond donors (Lipinski definition) is 3. The molecule has 1 atom stereocenters. The quantitative estimate of drug-likeness (QED) is 0.476. The summed E-state index contributed by atoms with van der Waals surface area (Å²) in [6.45, 7) is 10.9. The molecule has 7 heteroatoms. The van der Waals surface area contributed by atoms with Crippen molar-refractivity contribution in [2.45, 2.75) is 52.6 Å². The highest BCUT2D eigenvalue weighted by atomic mass is 32.2. The van der Waals surface area contributed by atoms with Crippen molar-refractivity contribution in [2.24, 2.45) is 4.99 Å². The average Bonchev–Trinajstić information content (AvgIpc) is 2.23. The van der Waals surface area contributed by atoms with Gasteiger partial charge in [-0.15, -0.1) is 0 Å². The van der Waals surface area contributed by atoms with Crippen LogP contribution in [0.15, 0.2) is 4.99 Å². The van der Waals surface area contributed by atoms with E-state index in [1.807, 2.05) is 20.8 Å². The van der Waals surface area contributed by atoms with E-state index in [0.717, 1.165) is 19.2 Å². The molecule has 0 fully saturated rings. The van der Waals surface area contributed by atoms with Crippen molar-refractivity contribution in [3.8, 4) is 0 Å². The Labute approximate surface area is 117 Å². The minimum Gasteiger partial charge on any atom is -0.357 e. The second kappa shape index (κ2) is 7.69. The van der Waals surface area contributed by atoms with Gasteiger partial charge in [-0.3, -0.25) is 4.99 Å². The Hall–Kier alpha value is -0.820. The average molecular weight is 292 g/mol. The molecule has 0 aromatic rings. The van der Waals surface area contributed by atoms with Crippen LogP contribution in [0.4, 0.5) is 0 Å². The highest BCUT2D eigenvalue weighted by Crippen LogP contribution is 2.04. The Morgan fingerprint density at radius 1 is 1.32 bits per heavy atom. The van der Waals surface area contributed by atoms with Gasteiger partial charge in [0, 0.05) is 18.1 Å². The van der Waals surface area contributed by atoms with E-state index in [2.05, 4.69) is 34.2 Å². The fourth-order valence-electron chi connectivity index (χ4n) is 1.47. The summed E-state index contributed by atoms with van der Waals surface area (Å²) in [5.74, 6) is 0.709. The van der Waals surface area contributed by atoms with Crippen molar-refractivity contribution in [1.82, 2.24) is 15.4 Å². The molecule has 0 aliphatic rings. The number of rotatable bonds is 7. The van der Waals surface area contributed by atoms with E-state index < -0.39 is 15.6 Å². The molecule has 0 saturated carbocycles. The van der Waals surface area contributed by atoms with Crippen LogP contribution in [-0.4, -0.2) is 45.3 Å². The van der Waals surface area contributed by atoms with Gasteiger partial charge in [0.15, 0.2) is 5.96 Å². The van der Waals surface area contributed by atoms with Crippen molar-refractivity contribution in [2.75, 3.05) is 19.3 Å². The van der Waals surface area contributed by atoms with Crippen LogP contribution >= 0.6 is 0 Å². The monoisotopic (exact) mass is 292 g/mol. The van der Waals surface area contributed by atoms with E-state index in [-0.39, 0.29) is 0 Å². The normalized spacial score (nSPS) is 15.2. The lowest BCUT2D eigenvalue weighted by Crippen LogP contribution is -2.47. The molecule has 0 spiro atoms. The molecule has 0 aromatic heterocycles. The van der Waals surface area contributed by atoms with Crippen molar-refractivity contribution in [1.29, 1.82) is 0 Å². The van der Waals surface area contributed by atoms with Crippen LogP contribution in [0.5, 0.6) is 0 Å². The molecule has 0 rings (SSSR count). The van der Waals surface area contributed by atoms with Crippen LogP contribution in [0, 0.1) is 0 Å². The third-order valence-electron chi connectivity index (χ3n) is 2.43. The highest BCUT2D eigenvalue weighted by molar-refractivity contribution is 7.88. The van der Waals surface area contributed by atoms with Gasteiger partial charge in [0.1, 0.15) is 0 Å². The Morgan fingerprint density at radius 3 is 2.32 bits per heavy atom. The van der Waals surface area contributed by atoms with Gasteiger partial charge in [-0.05, 0) is 34.1 Å². The molecule has 6 nitrogen and oxygen atoms in total. The van der Waals surface area contributed by atoms with E-state index in [0.29, 0.717) is 18.5 Å². The Kier molecular flexibility index (Phi) is 7.36. The summed E-state index contributed by atoms with van der Waals surface area (Å²) in [4.78, 5) is 4.42. The topological polar surface area (TPSA) is 82.6 Å². The summed E-state index contributed by atoms with van der Waals surface area (Å²) in [6.07, 6.45) is 2.15. The van der Waals surface area contributed by atoms with Crippen LogP contribution in [0.2, 0.25) is 0 Å². The van der Waals surface area contributed by atoms with Crippen molar-refractivity contribution < 1.29 is 8.42 Å². The first-order valence-electron chi connectivity index (χ1n) is 6.63. The fraction of sp³-hybridized carbons (Fsp3) is 0.917. The molecule has 0 heterocycles. The molecule has 1 unspecified atom stereocenters. The zero-order chi connectivity index (χ0) is 15.1. The second-order valence-electron chi connectivity index (χ2n) is 5.41. The van der Waals surface area contributed by atoms with Gasteiger partial charge in [0.05, 0.1) is 12.8 Å². The molecule has 3 N–H and O–H groups in total. The Morgan fingerprint density at radius 2 is 1.89 bits per heavy atom. The molecule has 0 amide bonds. The zero-order valence-corrected chi connectivity index (χ0v) is 13.7. The van der Waals surface area contributed by atoms with Crippen molar-refractivity contribution in [3.63, 3.8) is 0 Å². The van der Waals surface area contributed by atoms with Crippen LogP contribution in [0.25, 0.3) is 0 Å². The van der Waals surface area contributed by atoms with Gasteiger partial charge < -0.3 is 10.6 Å². The van der Waals surface area contributed by atoms with Crippen LogP contribution in [0.3, 0.4) is 0 Å². The summed E-state index contributed by atoms with van der Waals surface area (Å²) < 4.78 is 25.1. The van der Waals surface area contributed by atoms with Gasteiger partial charge in [-0.25, -0.2) is 13.1 Å². The standard InChI is InChI=1S/C12H28N4O2S/c1-7-10(3)15-11(13-8-2)14-9-12(4,5)16-19(6,17)18/h10,16H,7-9H2,1-6H3,(H2,13,14,15). The molecule has 0 aliphatic heterocycles. The Balaban J connectivity index is 4.67. The molecule has 0 saturated heterocycles. The summed E-state index contributed by atoms with van der Waals surface area (Å²) in [5, 5.41) is 6.41.